The van der Waals surface area contributed by atoms with Crippen LogP contribution in [0.3, 0.4) is 0 Å². The molecule has 2 rings (SSSR count). The third-order valence-corrected chi connectivity index (χ3v) is 2.03. The molecule has 0 amide bonds. The van der Waals surface area contributed by atoms with Gasteiger partial charge in [-0.3, -0.25) is 0 Å². The van der Waals surface area contributed by atoms with Crippen molar-refractivity contribution in [1.29, 1.82) is 0 Å². The summed E-state index contributed by atoms with van der Waals surface area (Å²) in [5.41, 5.74) is 0. The van der Waals surface area contributed by atoms with Gasteiger partial charge in [0.2, 0.25) is 0 Å². The van der Waals surface area contributed by atoms with Gasteiger partial charge in [-0.1, -0.05) is 16.8 Å². The second-order valence-corrected chi connectivity index (χ2v) is 3.49. The third-order valence-electron chi connectivity index (χ3n) is 1.83. The molecule has 2 aromatic rings. The van der Waals surface area contributed by atoms with E-state index in [9.17, 15) is 0 Å². The van der Waals surface area contributed by atoms with Gasteiger partial charge in [-0.25, -0.2) is 9.97 Å². The Morgan fingerprint density at radius 2 is 2.29 bits per heavy atom. The van der Waals surface area contributed by atoms with Gasteiger partial charge >= 0.3 is 0 Å². The molecule has 17 heavy (non-hydrogen) atoms. The van der Waals surface area contributed by atoms with E-state index in [2.05, 4.69) is 35.9 Å². The molecule has 0 aliphatic carbocycles. The van der Waals surface area contributed by atoms with Crippen LogP contribution in [0.15, 0.2) is 6.07 Å². The number of hydrogen-bond acceptors (Lipinski definition) is 7. The Bertz CT molecular complexity index is 475. The fraction of sp³-hybridized carbons (Fsp3) is 0.375. The Hall–Kier alpha value is -1.80. The molecule has 0 unspecified atom stereocenters. The lowest BCUT2D eigenvalue weighted by Crippen LogP contribution is -2.06. The maximum absolute atomic E-state index is 5.85. The Kier molecular flexibility index (Phi) is 3.78. The standard InChI is InChI=1S/C8H10ClN7O/c1-17-4-8-11-5(9)2-6(12-8)10-3-7-13-15-16-14-7/h2H,3-4H2,1H3,(H,10,11,12)(H,13,14,15,16). The van der Waals surface area contributed by atoms with Crippen LogP contribution < -0.4 is 5.32 Å². The predicted octanol–water partition coefficient (Wildman–Crippen LogP) is 0.402. The van der Waals surface area contributed by atoms with Crippen molar-refractivity contribution in [3.8, 4) is 0 Å². The van der Waals surface area contributed by atoms with Gasteiger partial charge in [0.1, 0.15) is 17.6 Å². The van der Waals surface area contributed by atoms with Gasteiger partial charge in [0.05, 0.1) is 6.54 Å². The van der Waals surface area contributed by atoms with Gasteiger partial charge < -0.3 is 10.1 Å². The number of nitrogens with zero attached hydrogens (tertiary/aromatic N) is 5. The van der Waals surface area contributed by atoms with E-state index in [1.165, 1.54) is 0 Å². The number of H-pyrrole nitrogens is 1. The number of anilines is 1. The number of ether oxygens (including phenoxy) is 1. The molecular weight excluding hydrogens is 246 g/mol. The lowest BCUT2D eigenvalue weighted by Gasteiger charge is -2.05. The van der Waals surface area contributed by atoms with Gasteiger partial charge in [-0.15, -0.1) is 10.2 Å². The van der Waals surface area contributed by atoms with Crippen LogP contribution in [-0.2, 0) is 17.9 Å². The molecule has 0 fully saturated rings. The van der Waals surface area contributed by atoms with Crippen molar-refractivity contribution in [3.05, 3.63) is 22.9 Å². The van der Waals surface area contributed by atoms with E-state index in [-0.39, 0.29) is 0 Å². The summed E-state index contributed by atoms with van der Waals surface area (Å²) in [4.78, 5) is 8.21. The minimum absolute atomic E-state index is 0.303. The normalized spacial score (nSPS) is 10.5. The van der Waals surface area contributed by atoms with Crippen molar-refractivity contribution in [1.82, 2.24) is 30.6 Å². The highest BCUT2D eigenvalue weighted by Gasteiger charge is 2.04. The van der Waals surface area contributed by atoms with Crippen LogP contribution in [0, 0.1) is 0 Å². The molecule has 8 nitrogen and oxygen atoms in total. The summed E-state index contributed by atoms with van der Waals surface area (Å²) in [6.45, 7) is 0.702. The lowest BCUT2D eigenvalue weighted by atomic mass is 10.5. The van der Waals surface area contributed by atoms with E-state index >= 15 is 0 Å². The molecule has 2 aromatic heterocycles. The number of halogens is 1. The topological polar surface area (TPSA) is 102 Å². The number of hydrogen-bond donors (Lipinski definition) is 2. The smallest absolute Gasteiger partial charge is 0.193 e. The van der Waals surface area contributed by atoms with E-state index in [0.717, 1.165) is 0 Å². The Morgan fingerprint density at radius 1 is 1.41 bits per heavy atom. The third kappa shape index (κ3) is 3.33. The highest BCUT2D eigenvalue weighted by Crippen LogP contribution is 2.12. The van der Waals surface area contributed by atoms with Gasteiger partial charge in [0, 0.05) is 13.2 Å². The van der Waals surface area contributed by atoms with Crippen molar-refractivity contribution in [2.24, 2.45) is 0 Å². The van der Waals surface area contributed by atoms with Gasteiger partial charge in [0.25, 0.3) is 0 Å². The monoisotopic (exact) mass is 255 g/mol. The van der Waals surface area contributed by atoms with Gasteiger partial charge in [-0.2, -0.15) is 5.21 Å². The molecule has 0 saturated heterocycles. The molecular formula is C8H10ClN7O. The first-order chi connectivity index (χ1) is 8.28. The molecule has 9 heteroatoms. The van der Waals surface area contributed by atoms with Crippen molar-refractivity contribution >= 4 is 17.4 Å². The van der Waals surface area contributed by atoms with E-state index in [4.69, 9.17) is 16.3 Å². The minimum atomic E-state index is 0.303. The van der Waals surface area contributed by atoms with Crippen LogP contribution in [0.5, 0.6) is 0 Å². The summed E-state index contributed by atoms with van der Waals surface area (Å²) in [6, 6.07) is 1.61. The largest absolute Gasteiger partial charge is 0.377 e. The van der Waals surface area contributed by atoms with Crippen molar-refractivity contribution < 1.29 is 4.74 Å². The molecule has 90 valence electrons. The van der Waals surface area contributed by atoms with Crippen LogP contribution in [0.4, 0.5) is 5.82 Å². The van der Waals surface area contributed by atoms with Crippen LogP contribution in [-0.4, -0.2) is 37.7 Å². The first kappa shape index (κ1) is 11.7. The average Bonchev–Trinajstić information content (AvgIpc) is 2.79. The number of nitrogens with one attached hydrogen (secondary N) is 2. The molecule has 2 N–H and O–H groups in total. The molecule has 0 saturated carbocycles. The quantitative estimate of drug-likeness (QED) is 0.746. The van der Waals surface area contributed by atoms with E-state index in [1.807, 2.05) is 0 Å². The Labute approximate surface area is 102 Å². The van der Waals surface area contributed by atoms with Crippen molar-refractivity contribution in [2.45, 2.75) is 13.2 Å². The number of methoxy groups -OCH3 is 1. The van der Waals surface area contributed by atoms with Crippen LogP contribution in [0.1, 0.15) is 11.6 Å². The molecule has 0 radical (unpaired) electrons. The molecule has 0 aliphatic heterocycles. The summed E-state index contributed by atoms with van der Waals surface area (Å²) in [5, 5.41) is 16.8. The van der Waals surface area contributed by atoms with E-state index in [1.54, 1.807) is 13.2 Å². The summed E-state index contributed by atoms with van der Waals surface area (Å²) < 4.78 is 4.94. The first-order valence-electron chi connectivity index (χ1n) is 4.76. The zero-order valence-electron chi connectivity index (χ0n) is 9.01. The zero-order valence-corrected chi connectivity index (χ0v) is 9.77. The van der Waals surface area contributed by atoms with Crippen molar-refractivity contribution in [2.75, 3.05) is 12.4 Å². The molecule has 0 aromatic carbocycles. The van der Waals surface area contributed by atoms with E-state index in [0.29, 0.717) is 35.8 Å². The summed E-state index contributed by atoms with van der Waals surface area (Å²) >= 11 is 5.85. The maximum atomic E-state index is 5.85. The summed E-state index contributed by atoms with van der Waals surface area (Å²) in [5.74, 6) is 1.63. The molecule has 0 atom stereocenters. The Balaban J connectivity index is 2.04. The summed E-state index contributed by atoms with van der Waals surface area (Å²) in [7, 11) is 1.57. The summed E-state index contributed by atoms with van der Waals surface area (Å²) in [6.07, 6.45) is 0. The minimum Gasteiger partial charge on any atom is -0.377 e. The lowest BCUT2D eigenvalue weighted by molar-refractivity contribution is 0.178. The second kappa shape index (κ2) is 5.51. The first-order valence-corrected chi connectivity index (χ1v) is 5.14. The van der Waals surface area contributed by atoms with Crippen LogP contribution >= 0.6 is 11.6 Å². The molecule has 2 heterocycles. The van der Waals surface area contributed by atoms with Crippen molar-refractivity contribution in [3.63, 3.8) is 0 Å². The predicted molar refractivity (Wildman–Crippen MR) is 59.3 cm³/mol. The number of tetrazole rings is 1. The maximum Gasteiger partial charge on any atom is 0.193 e. The van der Waals surface area contributed by atoms with Crippen LogP contribution in [0.2, 0.25) is 5.15 Å². The van der Waals surface area contributed by atoms with E-state index < -0.39 is 0 Å². The molecule has 0 spiro atoms. The van der Waals surface area contributed by atoms with Gasteiger partial charge in [0.15, 0.2) is 11.6 Å². The number of aromatic nitrogens is 6. The highest BCUT2D eigenvalue weighted by atomic mass is 35.5. The Morgan fingerprint density at radius 3 is 3.00 bits per heavy atom. The highest BCUT2D eigenvalue weighted by molar-refractivity contribution is 6.29. The SMILES string of the molecule is COCc1nc(Cl)cc(NCc2nn[nH]n2)n1. The fourth-order valence-electron chi connectivity index (χ4n) is 1.18. The fourth-order valence-corrected chi connectivity index (χ4v) is 1.38. The van der Waals surface area contributed by atoms with Crippen LogP contribution in [0.25, 0.3) is 0 Å². The number of rotatable bonds is 5. The second-order valence-electron chi connectivity index (χ2n) is 3.11. The van der Waals surface area contributed by atoms with Gasteiger partial charge in [-0.05, 0) is 0 Å². The molecule has 0 aliphatic rings. The molecule has 0 bridgehead atoms. The average molecular weight is 256 g/mol. The zero-order chi connectivity index (χ0) is 12.1. The number of aromatic amines is 1.